The zero-order valence-corrected chi connectivity index (χ0v) is 13.3. The van der Waals surface area contributed by atoms with Crippen LogP contribution in [0.4, 0.5) is 10.2 Å². The van der Waals surface area contributed by atoms with Gasteiger partial charge in [-0.05, 0) is 24.3 Å². The molecule has 0 unspecified atom stereocenters. The molecule has 124 valence electrons. The molecule has 7 heteroatoms. The Kier molecular flexibility index (Phi) is 3.35. The minimum Gasteiger partial charge on any atom is -0.382 e. The van der Waals surface area contributed by atoms with Crippen molar-refractivity contribution in [3.05, 3.63) is 71.0 Å². The number of anilines is 1. The Balaban J connectivity index is 2.10. The molecule has 6 nitrogen and oxygen atoms in total. The van der Waals surface area contributed by atoms with Crippen molar-refractivity contribution in [1.29, 1.82) is 0 Å². The summed E-state index contributed by atoms with van der Waals surface area (Å²) in [5, 5.41) is 0. The van der Waals surface area contributed by atoms with Gasteiger partial charge in [0.1, 0.15) is 17.2 Å². The Labute approximate surface area is 142 Å². The van der Waals surface area contributed by atoms with Gasteiger partial charge in [0.15, 0.2) is 5.82 Å². The first-order chi connectivity index (χ1) is 12.0. The second-order valence-electron chi connectivity index (χ2n) is 5.68. The lowest BCUT2D eigenvalue weighted by atomic mass is 10.2. The minimum atomic E-state index is -0.359. The zero-order chi connectivity index (χ0) is 17.6. The number of pyridine rings is 2. The van der Waals surface area contributed by atoms with Gasteiger partial charge >= 0.3 is 0 Å². The number of rotatable bonds is 2. The summed E-state index contributed by atoms with van der Waals surface area (Å²) < 4.78 is 17.0. The maximum absolute atomic E-state index is 13.7. The topological polar surface area (TPSA) is 78.7 Å². The van der Waals surface area contributed by atoms with Crippen molar-refractivity contribution < 1.29 is 4.39 Å². The van der Waals surface area contributed by atoms with Crippen LogP contribution in [0, 0.1) is 5.82 Å². The number of fused-ring (bicyclic) bond motifs is 1. The molecule has 25 heavy (non-hydrogen) atoms. The van der Waals surface area contributed by atoms with E-state index in [1.165, 1.54) is 22.8 Å². The van der Waals surface area contributed by atoms with Crippen molar-refractivity contribution in [3.63, 3.8) is 0 Å². The number of halogens is 1. The number of aryl methyl sites for hydroxylation is 1. The van der Waals surface area contributed by atoms with E-state index in [2.05, 4.69) is 9.97 Å². The molecular weight excluding hydrogens is 321 g/mol. The molecule has 0 bridgehead atoms. The number of hydrogen-bond donors (Lipinski definition) is 1. The SMILES string of the molecule is Cn1cc(-n2c(-c3cccc(F)c3)nc3c(N)nccc32)ccc1=O. The van der Waals surface area contributed by atoms with E-state index < -0.39 is 0 Å². The number of benzene rings is 1. The van der Waals surface area contributed by atoms with Gasteiger partial charge in [-0.1, -0.05) is 12.1 Å². The van der Waals surface area contributed by atoms with E-state index >= 15 is 0 Å². The van der Waals surface area contributed by atoms with Crippen LogP contribution < -0.4 is 11.3 Å². The average molecular weight is 335 g/mol. The van der Waals surface area contributed by atoms with Crippen LogP contribution in [0.15, 0.2) is 59.7 Å². The Morgan fingerprint density at radius 3 is 2.76 bits per heavy atom. The molecule has 4 aromatic rings. The molecule has 0 saturated heterocycles. The molecule has 2 N–H and O–H groups in total. The van der Waals surface area contributed by atoms with Gasteiger partial charge in [-0.15, -0.1) is 0 Å². The second-order valence-corrected chi connectivity index (χ2v) is 5.68. The average Bonchev–Trinajstić information content (AvgIpc) is 2.98. The first-order valence-electron chi connectivity index (χ1n) is 7.60. The summed E-state index contributed by atoms with van der Waals surface area (Å²) in [4.78, 5) is 20.4. The summed E-state index contributed by atoms with van der Waals surface area (Å²) in [6, 6.07) is 11.1. The first-order valence-corrected chi connectivity index (χ1v) is 7.60. The van der Waals surface area contributed by atoms with Crippen LogP contribution in [0.25, 0.3) is 28.1 Å². The van der Waals surface area contributed by atoms with Gasteiger partial charge in [0, 0.05) is 31.1 Å². The fraction of sp³-hybridized carbons (Fsp3) is 0.0556. The first kappa shape index (κ1) is 15.1. The van der Waals surface area contributed by atoms with Crippen LogP contribution in [0.1, 0.15) is 0 Å². The van der Waals surface area contributed by atoms with E-state index in [9.17, 15) is 9.18 Å². The predicted molar refractivity (Wildman–Crippen MR) is 93.9 cm³/mol. The van der Waals surface area contributed by atoms with Crippen LogP contribution in [-0.4, -0.2) is 19.1 Å². The maximum Gasteiger partial charge on any atom is 0.250 e. The van der Waals surface area contributed by atoms with Crippen LogP contribution in [-0.2, 0) is 7.05 Å². The van der Waals surface area contributed by atoms with Gasteiger partial charge in [-0.25, -0.2) is 14.4 Å². The van der Waals surface area contributed by atoms with Gasteiger partial charge in [0.05, 0.1) is 11.2 Å². The van der Waals surface area contributed by atoms with Crippen LogP contribution in [0.2, 0.25) is 0 Å². The maximum atomic E-state index is 13.7. The van der Waals surface area contributed by atoms with Crippen molar-refractivity contribution in [2.24, 2.45) is 7.05 Å². The molecule has 0 radical (unpaired) electrons. The summed E-state index contributed by atoms with van der Waals surface area (Å²) in [5.74, 6) is 0.453. The Morgan fingerprint density at radius 1 is 1.16 bits per heavy atom. The fourth-order valence-corrected chi connectivity index (χ4v) is 2.82. The highest BCUT2D eigenvalue weighted by Crippen LogP contribution is 2.30. The molecule has 0 aliphatic carbocycles. The zero-order valence-electron chi connectivity index (χ0n) is 13.3. The standard InChI is InChI=1S/C18H14FN5O/c1-23-10-13(5-6-15(23)25)24-14-7-8-21-17(20)16(14)22-18(24)11-3-2-4-12(19)9-11/h2-10H,1H3,(H2,20,21). The monoisotopic (exact) mass is 335 g/mol. The van der Waals surface area contributed by atoms with Gasteiger partial charge in [0.2, 0.25) is 5.56 Å². The van der Waals surface area contributed by atoms with Crippen LogP contribution in [0.5, 0.6) is 0 Å². The third kappa shape index (κ3) is 2.46. The summed E-state index contributed by atoms with van der Waals surface area (Å²) >= 11 is 0. The third-order valence-electron chi connectivity index (χ3n) is 4.01. The largest absolute Gasteiger partial charge is 0.382 e. The lowest BCUT2D eigenvalue weighted by Gasteiger charge is -2.10. The Bertz CT molecular complexity index is 1160. The minimum absolute atomic E-state index is 0.123. The van der Waals surface area contributed by atoms with E-state index in [0.717, 1.165) is 11.2 Å². The van der Waals surface area contributed by atoms with E-state index in [4.69, 9.17) is 5.73 Å². The highest BCUT2D eigenvalue weighted by atomic mass is 19.1. The van der Waals surface area contributed by atoms with E-state index in [1.807, 2.05) is 4.57 Å². The lowest BCUT2D eigenvalue weighted by molar-refractivity contribution is 0.628. The predicted octanol–water partition coefficient (Wildman–Crippen LogP) is 2.51. The smallest absolute Gasteiger partial charge is 0.250 e. The summed E-state index contributed by atoms with van der Waals surface area (Å²) in [6.45, 7) is 0. The van der Waals surface area contributed by atoms with Crippen LogP contribution >= 0.6 is 0 Å². The Morgan fingerprint density at radius 2 is 2.00 bits per heavy atom. The normalized spacial score (nSPS) is 11.1. The number of nitrogens with zero attached hydrogens (tertiary/aromatic N) is 4. The number of nitrogen functional groups attached to an aromatic ring is 1. The molecule has 0 aliphatic heterocycles. The molecule has 0 spiro atoms. The van der Waals surface area contributed by atoms with E-state index in [-0.39, 0.29) is 11.4 Å². The van der Waals surface area contributed by atoms with Crippen molar-refractivity contribution >= 4 is 16.9 Å². The van der Waals surface area contributed by atoms with Gasteiger partial charge in [-0.2, -0.15) is 0 Å². The quantitative estimate of drug-likeness (QED) is 0.610. The van der Waals surface area contributed by atoms with Gasteiger partial charge in [-0.3, -0.25) is 9.36 Å². The number of aromatic nitrogens is 4. The molecule has 3 heterocycles. The van der Waals surface area contributed by atoms with E-state index in [1.54, 1.807) is 43.7 Å². The number of nitrogens with two attached hydrogens (primary N) is 1. The number of imidazole rings is 1. The summed E-state index contributed by atoms with van der Waals surface area (Å²) in [5.41, 5.74) is 8.41. The molecule has 4 rings (SSSR count). The number of hydrogen-bond acceptors (Lipinski definition) is 4. The molecule has 0 atom stereocenters. The van der Waals surface area contributed by atoms with Gasteiger partial charge < -0.3 is 10.3 Å². The van der Waals surface area contributed by atoms with Crippen LogP contribution in [0.3, 0.4) is 0 Å². The van der Waals surface area contributed by atoms with Crippen molar-refractivity contribution in [2.75, 3.05) is 5.73 Å². The second kappa shape index (κ2) is 5.55. The van der Waals surface area contributed by atoms with E-state index in [0.29, 0.717) is 22.7 Å². The molecule has 3 aromatic heterocycles. The van der Waals surface area contributed by atoms with Crippen molar-refractivity contribution in [3.8, 4) is 17.1 Å². The molecule has 0 saturated carbocycles. The van der Waals surface area contributed by atoms with Crippen molar-refractivity contribution in [1.82, 2.24) is 19.1 Å². The third-order valence-corrected chi connectivity index (χ3v) is 4.01. The summed E-state index contributed by atoms with van der Waals surface area (Å²) in [7, 11) is 1.67. The highest BCUT2D eigenvalue weighted by molar-refractivity contribution is 5.89. The lowest BCUT2D eigenvalue weighted by Crippen LogP contribution is -2.15. The Hall–Kier alpha value is -3.48. The molecule has 1 aromatic carbocycles. The molecule has 0 fully saturated rings. The molecular formula is C18H14FN5O. The van der Waals surface area contributed by atoms with Crippen molar-refractivity contribution in [2.45, 2.75) is 0 Å². The van der Waals surface area contributed by atoms with Gasteiger partial charge in [0.25, 0.3) is 0 Å². The summed E-state index contributed by atoms with van der Waals surface area (Å²) in [6.07, 6.45) is 3.29. The molecule has 0 amide bonds. The molecule has 0 aliphatic rings. The highest BCUT2D eigenvalue weighted by Gasteiger charge is 2.17. The fourth-order valence-electron chi connectivity index (χ4n) is 2.82.